The van der Waals surface area contributed by atoms with Crippen LogP contribution in [0, 0.1) is 11.6 Å². The summed E-state index contributed by atoms with van der Waals surface area (Å²) in [5.41, 5.74) is -1.41. The van der Waals surface area contributed by atoms with Crippen molar-refractivity contribution >= 4 is 12.1 Å². The van der Waals surface area contributed by atoms with Gasteiger partial charge in [-0.05, 0) is 32.9 Å². The van der Waals surface area contributed by atoms with Gasteiger partial charge in [0.15, 0.2) is 17.6 Å². The molecule has 0 aliphatic heterocycles. The molecule has 0 saturated carbocycles. The Balaban J connectivity index is 3.10. The third-order valence-corrected chi connectivity index (χ3v) is 2.52. The smallest absolute Gasteiger partial charge is 0.408 e. The van der Waals surface area contributed by atoms with Crippen LogP contribution in [0.1, 0.15) is 32.4 Å². The number of hydrogen-bond acceptors (Lipinski definition) is 4. The van der Waals surface area contributed by atoms with E-state index in [0.717, 1.165) is 19.2 Å². The molecule has 0 heterocycles. The minimum atomic E-state index is -1.80. The largest absolute Gasteiger partial charge is 0.494 e. The number of amides is 1. The summed E-state index contributed by atoms with van der Waals surface area (Å²) in [6.07, 6.45) is -1.06. The van der Waals surface area contributed by atoms with Crippen molar-refractivity contribution in [1.29, 1.82) is 0 Å². The van der Waals surface area contributed by atoms with Gasteiger partial charge in [0, 0.05) is 5.56 Å². The van der Waals surface area contributed by atoms with E-state index in [9.17, 15) is 18.4 Å². The van der Waals surface area contributed by atoms with Crippen LogP contribution in [-0.2, 0) is 9.53 Å². The van der Waals surface area contributed by atoms with Crippen LogP contribution in [0.25, 0.3) is 0 Å². The zero-order chi connectivity index (χ0) is 17.1. The van der Waals surface area contributed by atoms with E-state index < -0.39 is 40.9 Å². The number of benzene rings is 1. The van der Waals surface area contributed by atoms with Gasteiger partial charge in [-0.15, -0.1) is 0 Å². The Morgan fingerprint density at radius 2 is 1.82 bits per heavy atom. The number of carboxylic acids is 1. The minimum Gasteiger partial charge on any atom is -0.494 e. The van der Waals surface area contributed by atoms with Gasteiger partial charge in [0.05, 0.1) is 7.11 Å². The standard InChI is InChI=1S/C14H17F2NO5/c1-14(2,3)22-13(20)17-11(12(18)19)7-5-6-8(21-4)10(16)9(7)15/h5-6,11H,1-4H3,(H,17,20)(H,18,19). The Hall–Kier alpha value is -2.38. The molecule has 1 unspecified atom stereocenters. The molecule has 1 atom stereocenters. The van der Waals surface area contributed by atoms with Gasteiger partial charge in [-0.2, -0.15) is 4.39 Å². The van der Waals surface area contributed by atoms with Crippen LogP contribution in [0.4, 0.5) is 13.6 Å². The zero-order valence-electron chi connectivity index (χ0n) is 12.6. The fourth-order valence-electron chi connectivity index (χ4n) is 1.63. The minimum absolute atomic E-state index is 0.373. The quantitative estimate of drug-likeness (QED) is 0.891. The lowest BCUT2D eigenvalue weighted by Gasteiger charge is -2.22. The molecule has 0 aliphatic carbocycles. The summed E-state index contributed by atoms with van der Waals surface area (Å²) >= 11 is 0. The first-order chi connectivity index (χ1) is 10.1. The second kappa shape index (κ2) is 6.59. The highest BCUT2D eigenvalue weighted by molar-refractivity contribution is 5.81. The summed E-state index contributed by atoms with van der Waals surface area (Å²) in [6, 6.07) is 0.295. The van der Waals surface area contributed by atoms with Gasteiger partial charge < -0.3 is 19.9 Å². The summed E-state index contributed by atoms with van der Waals surface area (Å²) in [5, 5.41) is 11.1. The number of aliphatic carboxylic acids is 1. The molecule has 0 saturated heterocycles. The SMILES string of the molecule is COc1ccc(C(NC(=O)OC(C)(C)C)C(=O)O)c(F)c1F. The Kier molecular flexibility index (Phi) is 5.29. The van der Waals surface area contributed by atoms with E-state index in [0.29, 0.717) is 0 Å². The first-order valence-electron chi connectivity index (χ1n) is 6.31. The molecule has 0 fully saturated rings. The molecule has 1 amide bonds. The van der Waals surface area contributed by atoms with E-state index in [-0.39, 0.29) is 5.75 Å². The molecular formula is C14H17F2NO5. The second-order valence-corrected chi connectivity index (χ2v) is 5.40. The van der Waals surface area contributed by atoms with Crippen LogP contribution in [0.15, 0.2) is 12.1 Å². The van der Waals surface area contributed by atoms with Crippen LogP contribution >= 0.6 is 0 Å². The van der Waals surface area contributed by atoms with E-state index in [1.54, 1.807) is 20.8 Å². The average molecular weight is 317 g/mol. The number of nitrogens with one attached hydrogen (secondary N) is 1. The maximum atomic E-state index is 13.9. The lowest BCUT2D eigenvalue weighted by atomic mass is 10.1. The van der Waals surface area contributed by atoms with Gasteiger partial charge in [0.2, 0.25) is 5.82 Å². The second-order valence-electron chi connectivity index (χ2n) is 5.40. The van der Waals surface area contributed by atoms with E-state index in [2.05, 4.69) is 4.74 Å². The molecule has 6 nitrogen and oxygen atoms in total. The highest BCUT2D eigenvalue weighted by atomic mass is 19.2. The van der Waals surface area contributed by atoms with Crippen LogP contribution in [0.2, 0.25) is 0 Å². The van der Waals surface area contributed by atoms with Gasteiger partial charge in [-0.25, -0.2) is 14.0 Å². The molecule has 2 N–H and O–H groups in total. The van der Waals surface area contributed by atoms with Crippen molar-refractivity contribution < 1.29 is 33.0 Å². The van der Waals surface area contributed by atoms with Crippen LogP contribution in [0.3, 0.4) is 0 Å². The fraction of sp³-hybridized carbons (Fsp3) is 0.429. The lowest BCUT2D eigenvalue weighted by molar-refractivity contribution is -0.139. The summed E-state index contributed by atoms with van der Waals surface area (Å²) in [5.74, 6) is -4.68. The molecule has 0 radical (unpaired) electrons. The molecule has 0 aromatic heterocycles. The maximum Gasteiger partial charge on any atom is 0.408 e. The van der Waals surface area contributed by atoms with Crippen LogP contribution in [-0.4, -0.2) is 29.9 Å². The molecule has 0 spiro atoms. The third kappa shape index (κ3) is 4.31. The summed E-state index contributed by atoms with van der Waals surface area (Å²) < 4.78 is 37.1. The third-order valence-electron chi connectivity index (χ3n) is 2.52. The first kappa shape index (κ1) is 17.7. The number of carbonyl (C=O) groups excluding carboxylic acids is 1. The summed E-state index contributed by atoms with van der Waals surface area (Å²) in [4.78, 5) is 22.9. The molecule has 8 heteroatoms. The molecule has 1 aromatic rings. The molecule has 0 aliphatic rings. The maximum absolute atomic E-state index is 13.9. The number of methoxy groups -OCH3 is 1. The molecular weight excluding hydrogens is 300 g/mol. The Bertz CT molecular complexity index is 583. The number of rotatable bonds is 4. The number of carboxylic acid groups (broad SMARTS) is 1. The molecule has 122 valence electrons. The van der Waals surface area contributed by atoms with Gasteiger partial charge in [-0.1, -0.05) is 0 Å². The number of carbonyl (C=O) groups is 2. The van der Waals surface area contributed by atoms with Gasteiger partial charge in [0.25, 0.3) is 0 Å². The van der Waals surface area contributed by atoms with E-state index in [1.807, 2.05) is 5.32 Å². The van der Waals surface area contributed by atoms with Crippen LogP contribution in [0.5, 0.6) is 5.75 Å². The molecule has 22 heavy (non-hydrogen) atoms. The van der Waals surface area contributed by atoms with Crippen molar-refractivity contribution in [2.45, 2.75) is 32.4 Å². The average Bonchev–Trinajstić information content (AvgIpc) is 2.37. The number of alkyl carbamates (subject to hydrolysis) is 1. The monoisotopic (exact) mass is 317 g/mol. The van der Waals surface area contributed by atoms with Gasteiger partial charge in [-0.3, -0.25) is 0 Å². The highest BCUT2D eigenvalue weighted by Gasteiger charge is 2.29. The first-order valence-corrected chi connectivity index (χ1v) is 6.31. The fourth-order valence-corrected chi connectivity index (χ4v) is 1.63. The normalized spacial score (nSPS) is 12.5. The topological polar surface area (TPSA) is 84.9 Å². The molecule has 1 rings (SSSR count). The zero-order valence-corrected chi connectivity index (χ0v) is 12.6. The Labute approximate surface area is 126 Å². The predicted molar refractivity (Wildman–Crippen MR) is 72.7 cm³/mol. The van der Waals surface area contributed by atoms with Crippen molar-refractivity contribution in [2.75, 3.05) is 7.11 Å². The van der Waals surface area contributed by atoms with Gasteiger partial charge >= 0.3 is 12.1 Å². The van der Waals surface area contributed by atoms with Crippen molar-refractivity contribution in [1.82, 2.24) is 5.32 Å². The lowest BCUT2D eigenvalue weighted by Crippen LogP contribution is -2.38. The summed E-state index contributed by atoms with van der Waals surface area (Å²) in [7, 11) is 1.14. The molecule has 0 bridgehead atoms. The van der Waals surface area contributed by atoms with E-state index in [1.165, 1.54) is 0 Å². The van der Waals surface area contributed by atoms with Gasteiger partial charge in [0.1, 0.15) is 5.60 Å². The Morgan fingerprint density at radius 3 is 2.27 bits per heavy atom. The van der Waals surface area contributed by atoms with Crippen LogP contribution < -0.4 is 10.1 Å². The number of ether oxygens (including phenoxy) is 2. The number of halogens is 2. The molecule has 1 aromatic carbocycles. The van der Waals surface area contributed by atoms with E-state index >= 15 is 0 Å². The summed E-state index contributed by atoms with van der Waals surface area (Å²) in [6.45, 7) is 4.74. The van der Waals surface area contributed by atoms with Crippen molar-refractivity contribution in [3.8, 4) is 5.75 Å². The number of hydrogen-bond donors (Lipinski definition) is 2. The van der Waals surface area contributed by atoms with Crippen molar-refractivity contribution in [3.05, 3.63) is 29.3 Å². The van der Waals surface area contributed by atoms with E-state index in [4.69, 9.17) is 9.84 Å². The Morgan fingerprint density at radius 1 is 1.23 bits per heavy atom. The predicted octanol–water partition coefficient (Wildman–Crippen LogP) is 2.62. The van der Waals surface area contributed by atoms with Crippen molar-refractivity contribution in [3.63, 3.8) is 0 Å². The van der Waals surface area contributed by atoms with Crippen molar-refractivity contribution in [2.24, 2.45) is 0 Å². The highest BCUT2D eigenvalue weighted by Crippen LogP contribution is 2.26.